The molecule has 2 aromatic carbocycles. The molecule has 2 saturated heterocycles. The van der Waals surface area contributed by atoms with E-state index in [0.717, 1.165) is 23.6 Å². The van der Waals surface area contributed by atoms with Gasteiger partial charge in [0.2, 0.25) is 0 Å². The van der Waals surface area contributed by atoms with Gasteiger partial charge in [0.1, 0.15) is 5.69 Å². The Morgan fingerprint density at radius 1 is 1.03 bits per heavy atom. The molecule has 3 aliphatic rings. The van der Waals surface area contributed by atoms with Crippen LogP contribution < -0.4 is 0 Å². The highest BCUT2D eigenvalue weighted by Gasteiger charge is 2.62. The maximum absolute atomic E-state index is 14.3. The van der Waals surface area contributed by atoms with Crippen molar-refractivity contribution < 1.29 is 4.79 Å². The Morgan fingerprint density at radius 2 is 1.78 bits per heavy atom. The number of piperidine rings is 1. The number of nitrogens with zero attached hydrogens (tertiary/aromatic N) is 3. The molecule has 2 aliphatic heterocycles. The maximum atomic E-state index is 14.3. The third-order valence-electron chi connectivity index (χ3n) is 8.68. The molecule has 164 valence electrons. The first-order chi connectivity index (χ1) is 15.6. The number of carbonyl (C=O) groups is 1. The van der Waals surface area contributed by atoms with Crippen LogP contribution in [0.1, 0.15) is 48.7 Å². The van der Waals surface area contributed by atoms with Crippen LogP contribution in [0.25, 0.3) is 10.8 Å². The Bertz CT molecular complexity index is 1160. The van der Waals surface area contributed by atoms with Gasteiger partial charge in [-0.25, -0.2) is 0 Å². The lowest BCUT2D eigenvalue weighted by molar-refractivity contribution is -0.0113. The van der Waals surface area contributed by atoms with Gasteiger partial charge in [-0.05, 0) is 56.2 Å². The number of hydrogen-bond donors (Lipinski definition) is 0. The number of rotatable bonds is 3. The molecule has 1 amide bonds. The van der Waals surface area contributed by atoms with Crippen LogP contribution in [0.2, 0.25) is 0 Å². The van der Waals surface area contributed by atoms with E-state index < -0.39 is 0 Å². The van der Waals surface area contributed by atoms with Crippen molar-refractivity contribution >= 4 is 16.7 Å². The molecule has 1 aromatic heterocycles. The van der Waals surface area contributed by atoms with Crippen molar-refractivity contribution in [2.75, 3.05) is 7.05 Å². The SMILES string of the molecule is CN1[C@H]2CCC[C@H]3N(C(=O)c4nccc5ccccc45)[C@H](Cc4ccccc4)[C@@H]1C[C@@]23C. The summed E-state index contributed by atoms with van der Waals surface area (Å²) < 4.78 is 0. The molecule has 3 heterocycles. The van der Waals surface area contributed by atoms with E-state index in [1.54, 1.807) is 6.20 Å². The zero-order valence-corrected chi connectivity index (χ0v) is 18.9. The predicted octanol–water partition coefficient (Wildman–Crippen LogP) is 4.93. The van der Waals surface area contributed by atoms with Gasteiger partial charge in [-0.1, -0.05) is 61.5 Å². The number of pyridine rings is 1. The molecular formula is C28H31N3O. The van der Waals surface area contributed by atoms with Gasteiger partial charge in [0, 0.05) is 35.1 Å². The standard InChI is InChI=1S/C28H31N3O/c1-28-18-23-22(17-19-9-4-3-5-10-19)31(25(28)14-8-13-24(28)30(23)2)27(32)26-21-12-7-6-11-20(21)15-16-29-26/h3-7,9-12,15-16,22-25H,8,13-14,17-18H2,1-2H3/t22-,23+,24+,25-,28+/m1/s1. The van der Waals surface area contributed by atoms with Crippen molar-refractivity contribution in [3.05, 3.63) is 78.1 Å². The lowest BCUT2D eigenvalue weighted by atomic mass is 9.64. The zero-order valence-electron chi connectivity index (χ0n) is 18.9. The lowest BCUT2D eigenvalue weighted by Crippen LogP contribution is -2.62. The van der Waals surface area contributed by atoms with E-state index in [4.69, 9.17) is 0 Å². The fourth-order valence-electron chi connectivity index (χ4n) is 7.23. The summed E-state index contributed by atoms with van der Waals surface area (Å²) in [6.45, 7) is 2.44. The van der Waals surface area contributed by atoms with Crippen LogP contribution in [0.5, 0.6) is 0 Å². The first-order valence-corrected chi connectivity index (χ1v) is 12.0. The topological polar surface area (TPSA) is 36.4 Å². The third kappa shape index (κ3) is 2.85. The molecule has 32 heavy (non-hydrogen) atoms. The molecule has 3 aromatic rings. The molecule has 5 atom stereocenters. The average molecular weight is 426 g/mol. The summed E-state index contributed by atoms with van der Waals surface area (Å²) in [5.41, 5.74) is 2.07. The van der Waals surface area contributed by atoms with Crippen molar-refractivity contribution in [1.82, 2.24) is 14.8 Å². The highest BCUT2D eigenvalue weighted by molar-refractivity contribution is 6.05. The molecule has 0 N–H and O–H groups in total. The molecule has 4 heteroatoms. The fraction of sp³-hybridized carbons (Fsp3) is 0.429. The molecule has 2 bridgehead atoms. The minimum Gasteiger partial charge on any atom is -0.329 e. The molecule has 0 spiro atoms. The average Bonchev–Trinajstić information content (AvgIpc) is 3.09. The van der Waals surface area contributed by atoms with Crippen molar-refractivity contribution in [3.8, 4) is 0 Å². The van der Waals surface area contributed by atoms with Crippen LogP contribution in [0.4, 0.5) is 0 Å². The number of likely N-dealkylation sites (N-methyl/N-ethyl adjacent to an activating group) is 1. The molecule has 3 fully saturated rings. The maximum Gasteiger partial charge on any atom is 0.273 e. The number of fused-ring (bicyclic) bond motifs is 2. The van der Waals surface area contributed by atoms with Crippen LogP contribution in [-0.2, 0) is 6.42 Å². The molecular weight excluding hydrogens is 394 g/mol. The lowest BCUT2D eigenvalue weighted by Gasteiger charge is -2.53. The van der Waals surface area contributed by atoms with Gasteiger partial charge in [-0.15, -0.1) is 0 Å². The second kappa shape index (κ2) is 7.41. The summed E-state index contributed by atoms with van der Waals surface area (Å²) in [4.78, 5) is 23.9. The van der Waals surface area contributed by atoms with Crippen molar-refractivity contribution in [1.29, 1.82) is 0 Å². The minimum atomic E-state index is 0.111. The number of carbonyl (C=O) groups excluding carboxylic acids is 1. The smallest absolute Gasteiger partial charge is 0.273 e. The van der Waals surface area contributed by atoms with Gasteiger partial charge >= 0.3 is 0 Å². The Labute approximate surface area is 190 Å². The summed E-state index contributed by atoms with van der Waals surface area (Å²) in [5.74, 6) is 0.111. The van der Waals surface area contributed by atoms with Crippen LogP contribution in [-0.4, -0.2) is 51.9 Å². The molecule has 1 aliphatic carbocycles. The van der Waals surface area contributed by atoms with Crippen molar-refractivity contribution in [3.63, 3.8) is 0 Å². The van der Waals surface area contributed by atoms with Gasteiger partial charge in [0.25, 0.3) is 5.91 Å². The number of hydrogen-bond acceptors (Lipinski definition) is 3. The van der Waals surface area contributed by atoms with E-state index in [2.05, 4.69) is 65.2 Å². The fourth-order valence-corrected chi connectivity index (χ4v) is 7.23. The van der Waals surface area contributed by atoms with E-state index in [0.29, 0.717) is 17.8 Å². The molecule has 1 saturated carbocycles. The van der Waals surface area contributed by atoms with E-state index in [1.165, 1.54) is 24.8 Å². The van der Waals surface area contributed by atoms with Gasteiger partial charge in [0.15, 0.2) is 0 Å². The summed E-state index contributed by atoms with van der Waals surface area (Å²) in [7, 11) is 2.30. The second-order valence-electron chi connectivity index (χ2n) is 10.3. The minimum absolute atomic E-state index is 0.111. The van der Waals surface area contributed by atoms with E-state index >= 15 is 0 Å². The van der Waals surface area contributed by atoms with E-state index in [9.17, 15) is 4.79 Å². The normalized spacial score (nSPS) is 31.8. The van der Waals surface area contributed by atoms with Crippen molar-refractivity contribution in [2.24, 2.45) is 5.41 Å². The first-order valence-electron chi connectivity index (χ1n) is 12.0. The monoisotopic (exact) mass is 425 g/mol. The third-order valence-corrected chi connectivity index (χ3v) is 8.68. The van der Waals surface area contributed by atoms with E-state index in [1.807, 2.05) is 24.3 Å². The molecule has 0 unspecified atom stereocenters. The summed E-state index contributed by atoms with van der Waals surface area (Å²) in [6.07, 6.45) is 7.39. The highest BCUT2D eigenvalue weighted by atomic mass is 16.2. The Hall–Kier alpha value is -2.72. The van der Waals surface area contributed by atoms with Crippen LogP contribution in [0, 0.1) is 5.41 Å². The summed E-state index contributed by atoms with van der Waals surface area (Å²) in [6, 6.07) is 22.2. The van der Waals surface area contributed by atoms with Gasteiger partial charge in [0.05, 0.1) is 6.04 Å². The van der Waals surface area contributed by atoms with Crippen molar-refractivity contribution in [2.45, 2.75) is 63.2 Å². The Morgan fingerprint density at radius 3 is 2.62 bits per heavy atom. The zero-order chi connectivity index (χ0) is 21.9. The van der Waals surface area contributed by atoms with Crippen LogP contribution in [0.15, 0.2) is 66.9 Å². The highest BCUT2D eigenvalue weighted by Crippen LogP contribution is 2.56. The molecule has 6 rings (SSSR count). The quantitative estimate of drug-likeness (QED) is 0.597. The summed E-state index contributed by atoms with van der Waals surface area (Å²) in [5, 5.41) is 2.04. The molecule has 4 nitrogen and oxygen atoms in total. The Balaban J connectivity index is 1.48. The summed E-state index contributed by atoms with van der Waals surface area (Å²) >= 11 is 0. The van der Waals surface area contributed by atoms with Gasteiger partial charge in [-0.2, -0.15) is 0 Å². The number of likely N-dealkylation sites (tertiary alicyclic amines) is 2. The predicted molar refractivity (Wildman–Crippen MR) is 128 cm³/mol. The molecule has 0 radical (unpaired) electrons. The second-order valence-corrected chi connectivity index (χ2v) is 10.3. The number of amides is 1. The van der Waals surface area contributed by atoms with Crippen LogP contribution >= 0.6 is 0 Å². The Kier molecular flexibility index (Phi) is 4.62. The number of benzene rings is 2. The largest absolute Gasteiger partial charge is 0.329 e. The van der Waals surface area contributed by atoms with Crippen LogP contribution in [0.3, 0.4) is 0 Å². The van der Waals surface area contributed by atoms with Gasteiger partial charge in [-0.3, -0.25) is 14.7 Å². The first kappa shape index (κ1) is 19.9. The van der Waals surface area contributed by atoms with Gasteiger partial charge < -0.3 is 4.90 Å². The number of aromatic nitrogens is 1. The van der Waals surface area contributed by atoms with E-state index in [-0.39, 0.29) is 23.4 Å².